The number of thioether (sulfide) groups is 1. The van der Waals surface area contributed by atoms with Crippen LogP contribution in [0.25, 0.3) is 0 Å². The van der Waals surface area contributed by atoms with E-state index in [0.717, 1.165) is 16.3 Å². The number of carbonyl (C=O) groups excluding carboxylic acids is 1. The van der Waals surface area contributed by atoms with Crippen LogP contribution in [0.5, 0.6) is 5.75 Å². The van der Waals surface area contributed by atoms with Gasteiger partial charge < -0.3 is 20.7 Å². The van der Waals surface area contributed by atoms with Gasteiger partial charge in [0.05, 0.1) is 17.4 Å². The van der Waals surface area contributed by atoms with Crippen molar-refractivity contribution in [1.82, 2.24) is 0 Å². The molecule has 0 spiro atoms. The van der Waals surface area contributed by atoms with Crippen molar-refractivity contribution in [3.63, 3.8) is 0 Å². The van der Waals surface area contributed by atoms with Gasteiger partial charge in [0, 0.05) is 22.0 Å². The lowest BCUT2D eigenvalue weighted by atomic mass is 10.3. The Labute approximate surface area is 196 Å². The van der Waals surface area contributed by atoms with Crippen LogP contribution in [-0.2, 0) is 4.79 Å². The van der Waals surface area contributed by atoms with Crippen molar-refractivity contribution in [2.24, 2.45) is 0 Å². The summed E-state index contributed by atoms with van der Waals surface area (Å²) >= 11 is 13.0. The molecule has 0 aliphatic heterocycles. The maximum Gasteiger partial charge on any atom is 0.237 e. The number of ether oxygens (including phenoxy) is 1. The van der Waals surface area contributed by atoms with E-state index >= 15 is 0 Å². The van der Waals surface area contributed by atoms with E-state index in [4.69, 9.17) is 28.6 Å². The Morgan fingerprint density at radius 1 is 0.935 bits per heavy atom. The van der Waals surface area contributed by atoms with Gasteiger partial charge in [-0.05, 0) is 67.7 Å². The summed E-state index contributed by atoms with van der Waals surface area (Å²) in [7, 11) is 1.55. The van der Waals surface area contributed by atoms with Crippen molar-refractivity contribution in [3.8, 4) is 5.75 Å². The maximum atomic E-state index is 12.6. The molecule has 1 unspecified atom stereocenters. The standard InChI is InChI=1S/C23H22ClN3O2S2/c1-15(22(28)25-18-11-12-21(29-2)20(24)14-18)31-19-10-6-9-17(13-19)27-23(30)26-16-7-4-3-5-8-16/h3-15H,1-2H3,(H,25,28)(H2,26,27,30). The zero-order valence-corrected chi connectivity index (χ0v) is 19.4. The zero-order chi connectivity index (χ0) is 22.2. The number of halogens is 1. The highest BCUT2D eigenvalue weighted by Gasteiger charge is 2.15. The first kappa shape index (κ1) is 22.9. The first-order chi connectivity index (χ1) is 14.9. The molecule has 0 bridgehead atoms. The second kappa shape index (κ2) is 11.0. The fraction of sp³-hybridized carbons (Fsp3) is 0.130. The zero-order valence-electron chi connectivity index (χ0n) is 17.0. The number of anilines is 3. The summed E-state index contributed by atoms with van der Waals surface area (Å²) in [6, 6.07) is 22.6. The van der Waals surface area contributed by atoms with E-state index in [1.807, 2.05) is 61.5 Å². The summed E-state index contributed by atoms with van der Waals surface area (Å²) in [6.45, 7) is 1.85. The number of thiocarbonyl (C=S) groups is 1. The molecule has 0 aliphatic rings. The number of para-hydroxylation sites is 1. The number of hydrogen-bond acceptors (Lipinski definition) is 4. The van der Waals surface area contributed by atoms with Crippen LogP contribution in [0, 0.1) is 0 Å². The monoisotopic (exact) mass is 471 g/mol. The van der Waals surface area contributed by atoms with Crippen molar-refractivity contribution in [1.29, 1.82) is 0 Å². The number of carbonyl (C=O) groups is 1. The number of rotatable bonds is 7. The molecule has 3 N–H and O–H groups in total. The Hall–Kier alpha value is -2.74. The minimum atomic E-state index is -0.314. The van der Waals surface area contributed by atoms with E-state index in [1.54, 1.807) is 25.3 Å². The number of amides is 1. The predicted molar refractivity (Wildman–Crippen MR) is 135 cm³/mol. The van der Waals surface area contributed by atoms with Gasteiger partial charge in [-0.15, -0.1) is 11.8 Å². The Morgan fingerprint density at radius 2 is 1.61 bits per heavy atom. The Balaban J connectivity index is 1.57. The van der Waals surface area contributed by atoms with Crippen molar-refractivity contribution in [2.75, 3.05) is 23.1 Å². The van der Waals surface area contributed by atoms with Crippen LogP contribution >= 0.6 is 35.6 Å². The van der Waals surface area contributed by atoms with Crippen molar-refractivity contribution in [3.05, 3.63) is 77.8 Å². The molecule has 0 aliphatic carbocycles. The number of benzene rings is 3. The van der Waals surface area contributed by atoms with E-state index in [2.05, 4.69) is 16.0 Å². The molecule has 0 saturated carbocycles. The average molecular weight is 472 g/mol. The Kier molecular flexibility index (Phi) is 8.17. The Morgan fingerprint density at radius 3 is 2.32 bits per heavy atom. The molecule has 8 heteroatoms. The third-order valence-corrected chi connectivity index (χ3v) is 5.82. The van der Waals surface area contributed by atoms with Gasteiger partial charge in [-0.3, -0.25) is 4.79 Å². The highest BCUT2D eigenvalue weighted by atomic mass is 35.5. The number of nitrogens with one attached hydrogen (secondary N) is 3. The molecule has 3 aromatic rings. The second-order valence-electron chi connectivity index (χ2n) is 6.57. The van der Waals surface area contributed by atoms with Gasteiger partial charge in [0.1, 0.15) is 5.75 Å². The highest BCUT2D eigenvalue weighted by Crippen LogP contribution is 2.29. The fourth-order valence-electron chi connectivity index (χ4n) is 2.71. The smallest absolute Gasteiger partial charge is 0.237 e. The normalized spacial score (nSPS) is 11.3. The summed E-state index contributed by atoms with van der Waals surface area (Å²) < 4.78 is 5.13. The fourth-order valence-corrected chi connectivity index (χ4v) is 4.13. The molecule has 0 saturated heterocycles. The first-order valence-corrected chi connectivity index (χ1v) is 11.2. The molecular formula is C23H22ClN3O2S2. The molecule has 5 nitrogen and oxygen atoms in total. The molecule has 3 aromatic carbocycles. The van der Waals surface area contributed by atoms with Crippen LogP contribution < -0.4 is 20.7 Å². The molecular weight excluding hydrogens is 450 g/mol. The van der Waals surface area contributed by atoms with Gasteiger partial charge in [-0.1, -0.05) is 35.9 Å². The molecule has 0 aromatic heterocycles. The molecule has 1 atom stereocenters. The summed E-state index contributed by atoms with van der Waals surface area (Å²) in [5.74, 6) is 0.442. The lowest BCUT2D eigenvalue weighted by Gasteiger charge is -2.14. The summed E-state index contributed by atoms with van der Waals surface area (Å²) in [6.07, 6.45) is 0. The quantitative estimate of drug-likeness (QED) is 0.278. The second-order valence-corrected chi connectivity index (χ2v) is 8.80. The van der Waals surface area contributed by atoms with Crippen molar-refractivity contribution in [2.45, 2.75) is 17.1 Å². The van der Waals surface area contributed by atoms with Gasteiger partial charge in [-0.25, -0.2) is 0 Å². The third-order valence-electron chi connectivity index (χ3n) is 4.22. The minimum Gasteiger partial charge on any atom is -0.495 e. The van der Waals surface area contributed by atoms with E-state index in [0.29, 0.717) is 21.6 Å². The topological polar surface area (TPSA) is 62.4 Å². The summed E-state index contributed by atoms with van der Waals surface area (Å²) in [5, 5.41) is 9.82. The first-order valence-electron chi connectivity index (χ1n) is 9.49. The highest BCUT2D eigenvalue weighted by molar-refractivity contribution is 8.00. The predicted octanol–water partition coefficient (Wildman–Crippen LogP) is 6.28. The molecule has 1 amide bonds. The van der Waals surface area contributed by atoms with Gasteiger partial charge in [0.25, 0.3) is 0 Å². The van der Waals surface area contributed by atoms with Gasteiger partial charge in [-0.2, -0.15) is 0 Å². The molecule has 3 rings (SSSR count). The maximum absolute atomic E-state index is 12.6. The molecule has 160 valence electrons. The van der Waals surface area contributed by atoms with Gasteiger partial charge in [0.2, 0.25) is 5.91 Å². The van der Waals surface area contributed by atoms with E-state index < -0.39 is 0 Å². The van der Waals surface area contributed by atoms with E-state index in [-0.39, 0.29) is 11.2 Å². The summed E-state index contributed by atoms with van der Waals surface area (Å²) in [4.78, 5) is 13.5. The van der Waals surface area contributed by atoms with Crippen molar-refractivity contribution < 1.29 is 9.53 Å². The SMILES string of the molecule is COc1ccc(NC(=O)C(C)Sc2cccc(NC(=S)Nc3ccccc3)c2)cc1Cl. The lowest BCUT2D eigenvalue weighted by Crippen LogP contribution is -2.22. The largest absolute Gasteiger partial charge is 0.495 e. The number of methoxy groups -OCH3 is 1. The van der Waals surface area contributed by atoms with Gasteiger partial charge in [0.15, 0.2) is 5.11 Å². The van der Waals surface area contributed by atoms with Crippen LogP contribution in [0.3, 0.4) is 0 Å². The average Bonchev–Trinajstić information content (AvgIpc) is 2.74. The molecule has 0 radical (unpaired) electrons. The molecule has 31 heavy (non-hydrogen) atoms. The number of hydrogen-bond donors (Lipinski definition) is 3. The van der Waals surface area contributed by atoms with Crippen LogP contribution in [0.2, 0.25) is 5.02 Å². The summed E-state index contributed by atoms with van der Waals surface area (Å²) in [5.41, 5.74) is 2.37. The minimum absolute atomic E-state index is 0.120. The van der Waals surface area contributed by atoms with Crippen LogP contribution in [0.15, 0.2) is 77.7 Å². The van der Waals surface area contributed by atoms with E-state index in [9.17, 15) is 4.79 Å². The van der Waals surface area contributed by atoms with Crippen LogP contribution in [-0.4, -0.2) is 23.4 Å². The molecule has 0 fully saturated rings. The van der Waals surface area contributed by atoms with Crippen LogP contribution in [0.4, 0.5) is 17.1 Å². The third kappa shape index (κ3) is 6.89. The Bertz CT molecular complexity index is 1060. The van der Waals surface area contributed by atoms with E-state index in [1.165, 1.54) is 11.8 Å². The van der Waals surface area contributed by atoms with Gasteiger partial charge >= 0.3 is 0 Å². The molecule has 0 heterocycles. The lowest BCUT2D eigenvalue weighted by molar-refractivity contribution is -0.115. The van der Waals surface area contributed by atoms with Crippen LogP contribution in [0.1, 0.15) is 6.92 Å². The van der Waals surface area contributed by atoms with Crippen molar-refractivity contribution >= 4 is 63.7 Å².